The van der Waals surface area contributed by atoms with E-state index in [0.29, 0.717) is 18.7 Å². The van der Waals surface area contributed by atoms with Crippen LogP contribution in [0.25, 0.3) is 5.57 Å². The molecule has 146 valence electrons. The van der Waals surface area contributed by atoms with Gasteiger partial charge in [0, 0.05) is 31.8 Å². The van der Waals surface area contributed by atoms with Crippen molar-refractivity contribution in [2.75, 3.05) is 35.4 Å². The van der Waals surface area contributed by atoms with Gasteiger partial charge in [0.2, 0.25) is 5.91 Å². The summed E-state index contributed by atoms with van der Waals surface area (Å²) < 4.78 is 11.2. The molecule has 1 aliphatic rings. The molecule has 0 aliphatic carbocycles. The molecule has 0 spiro atoms. The van der Waals surface area contributed by atoms with Crippen LogP contribution in [0.15, 0.2) is 42.4 Å². The van der Waals surface area contributed by atoms with E-state index in [-0.39, 0.29) is 5.91 Å². The molecular weight excluding hydrogens is 342 g/mol. The molecule has 1 aromatic rings. The van der Waals surface area contributed by atoms with Gasteiger partial charge in [0.05, 0.1) is 31.2 Å². The number of likely N-dealkylation sites (N-methyl/N-ethyl adjacent to an activating group) is 1. The van der Waals surface area contributed by atoms with Gasteiger partial charge in [0.1, 0.15) is 11.5 Å². The Hall–Kier alpha value is -2.73. The number of rotatable bonds is 7. The van der Waals surface area contributed by atoms with Gasteiger partial charge in [-0.15, -0.1) is 0 Å². The SMILES string of the molecule is C=C1C(NC(=O)CC)=CC(c2cc(OC)c(CN(C)C)c(OC)c2)=CN1C. The summed E-state index contributed by atoms with van der Waals surface area (Å²) in [5.74, 6) is 1.48. The zero-order valence-corrected chi connectivity index (χ0v) is 17.0. The Morgan fingerprint density at radius 3 is 2.30 bits per heavy atom. The number of allylic oxidation sites excluding steroid dienone is 2. The van der Waals surface area contributed by atoms with Gasteiger partial charge >= 0.3 is 0 Å². The van der Waals surface area contributed by atoms with Crippen LogP contribution < -0.4 is 14.8 Å². The Labute approximate surface area is 161 Å². The maximum atomic E-state index is 11.8. The van der Waals surface area contributed by atoms with Crippen LogP contribution in [-0.2, 0) is 11.3 Å². The van der Waals surface area contributed by atoms with Gasteiger partial charge < -0.3 is 24.6 Å². The molecule has 1 aromatic carbocycles. The number of ether oxygens (including phenoxy) is 2. The third-order valence-electron chi connectivity index (χ3n) is 4.38. The predicted octanol–water partition coefficient (Wildman–Crippen LogP) is 2.98. The highest BCUT2D eigenvalue weighted by Gasteiger charge is 2.19. The van der Waals surface area contributed by atoms with Gasteiger partial charge in [-0.3, -0.25) is 4.79 Å². The Kier molecular flexibility index (Phi) is 6.69. The number of nitrogens with one attached hydrogen (secondary N) is 1. The van der Waals surface area contributed by atoms with Crippen LogP contribution in [0.1, 0.15) is 24.5 Å². The van der Waals surface area contributed by atoms with Crippen molar-refractivity contribution in [3.63, 3.8) is 0 Å². The normalized spacial score (nSPS) is 14.0. The fraction of sp³-hybridized carbons (Fsp3) is 0.381. The van der Waals surface area contributed by atoms with E-state index in [1.54, 1.807) is 14.2 Å². The molecule has 1 amide bonds. The molecular formula is C21H29N3O3. The maximum absolute atomic E-state index is 11.8. The summed E-state index contributed by atoms with van der Waals surface area (Å²) in [4.78, 5) is 15.8. The molecule has 0 saturated carbocycles. The number of amides is 1. The topological polar surface area (TPSA) is 54.0 Å². The van der Waals surface area contributed by atoms with Gasteiger partial charge in [0.25, 0.3) is 0 Å². The van der Waals surface area contributed by atoms with Crippen molar-refractivity contribution in [2.24, 2.45) is 0 Å². The smallest absolute Gasteiger partial charge is 0.224 e. The van der Waals surface area contributed by atoms with Gasteiger partial charge in [-0.25, -0.2) is 0 Å². The molecule has 1 aliphatic heterocycles. The van der Waals surface area contributed by atoms with Crippen LogP contribution >= 0.6 is 0 Å². The van der Waals surface area contributed by atoms with Crippen molar-refractivity contribution in [1.82, 2.24) is 15.1 Å². The summed E-state index contributed by atoms with van der Waals surface area (Å²) in [5.41, 5.74) is 4.30. The number of nitrogens with zero attached hydrogens (tertiary/aromatic N) is 2. The number of methoxy groups -OCH3 is 2. The molecule has 27 heavy (non-hydrogen) atoms. The van der Waals surface area contributed by atoms with E-state index in [4.69, 9.17) is 9.47 Å². The van der Waals surface area contributed by atoms with Crippen molar-refractivity contribution in [1.29, 1.82) is 0 Å². The Balaban J connectivity index is 2.51. The molecule has 0 fully saturated rings. The lowest BCUT2D eigenvalue weighted by Crippen LogP contribution is -2.28. The quantitative estimate of drug-likeness (QED) is 0.799. The first-order valence-corrected chi connectivity index (χ1v) is 8.86. The summed E-state index contributed by atoms with van der Waals surface area (Å²) >= 11 is 0. The molecule has 2 rings (SSSR count). The number of hydrogen-bond donors (Lipinski definition) is 1. The molecule has 1 N–H and O–H groups in total. The number of carbonyl (C=O) groups excluding carboxylic acids is 1. The van der Waals surface area contributed by atoms with Crippen molar-refractivity contribution < 1.29 is 14.3 Å². The fourth-order valence-corrected chi connectivity index (χ4v) is 2.88. The minimum atomic E-state index is -0.0476. The number of carbonyl (C=O) groups is 1. The highest BCUT2D eigenvalue weighted by molar-refractivity contribution is 5.83. The van der Waals surface area contributed by atoms with Crippen LogP contribution in [0.2, 0.25) is 0 Å². The monoisotopic (exact) mass is 371 g/mol. The number of hydrogen-bond acceptors (Lipinski definition) is 5. The highest BCUT2D eigenvalue weighted by atomic mass is 16.5. The van der Waals surface area contributed by atoms with Crippen LogP contribution in [0.4, 0.5) is 0 Å². The Morgan fingerprint density at radius 2 is 1.81 bits per heavy atom. The molecule has 0 bridgehead atoms. The second-order valence-corrected chi connectivity index (χ2v) is 6.70. The molecule has 0 radical (unpaired) electrons. The van der Waals surface area contributed by atoms with Crippen molar-refractivity contribution in [2.45, 2.75) is 19.9 Å². The second-order valence-electron chi connectivity index (χ2n) is 6.70. The largest absolute Gasteiger partial charge is 0.496 e. The van der Waals surface area contributed by atoms with Crippen LogP contribution in [-0.4, -0.2) is 51.1 Å². The number of benzene rings is 1. The minimum Gasteiger partial charge on any atom is -0.496 e. The third-order valence-corrected chi connectivity index (χ3v) is 4.38. The summed E-state index contributed by atoms with van der Waals surface area (Å²) in [6, 6.07) is 3.98. The Bertz CT molecular complexity index is 769. The molecule has 6 nitrogen and oxygen atoms in total. The fourth-order valence-electron chi connectivity index (χ4n) is 2.88. The van der Waals surface area contributed by atoms with E-state index in [1.807, 2.05) is 57.4 Å². The summed E-state index contributed by atoms with van der Waals surface area (Å²) in [7, 11) is 9.22. The maximum Gasteiger partial charge on any atom is 0.224 e. The van der Waals surface area contributed by atoms with Gasteiger partial charge in [-0.05, 0) is 37.9 Å². The molecule has 6 heteroatoms. The highest BCUT2D eigenvalue weighted by Crippen LogP contribution is 2.36. The van der Waals surface area contributed by atoms with E-state index in [0.717, 1.165) is 33.9 Å². The van der Waals surface area contributed by atoms with Gasteiger partial charge in [0.15, 0.2) is 0 Å². The van der Waals surface area contributed by atoms with Crippen molar-refractivity contribution in [3.8, 4) is 11.5 Å². The first kappa shape index (κ1) is 20.6. The minimum absolute atomic E-state index is 0.0476. The lowest BCUT2D eigenvalue weighted by atomic mass is 9.99. The van der Waals surface area contributed by atoms with Crippen LogP contribution in [0, 0.1) is 0 Å². The molecule has 1 heterocycles. The van der Waals surface area contributed by atoms with E-state index >= 15 is 0 Å². The van der Waals surface area contributed by atoms with E-state index in [1.165, 1.54) is 0 Å². The summed E-state index contributed by atoms with van der Waals surface area (Å²) in [6.45, 7) is 6.57. The van der Waals surface area contributed by atoms with Crippen LogP contribution in [0.3, 0.4) is 0 Å². The van der Waals surface area contributed by atoms with Crippen molar-refractivity contribution in [3.05, 3.63) is 53.5 Å². The lowest BCUT2D eigenvalue weighted by Gasteiger charge is -2.27. The summed E-state index contributed by atoms with van der Waals surface area (Å²) in [6.07, 6.45) is 4.31. The third kappa shape index (κ3) is 4.71. The molecule has 0 unspecified atom stereocenters. The Morgan fingerprint density at radius 1 is 1.22 bits per heavy atom. The second kappa shape index (κ2) is 8.77. The lowest BCUT2D eigenvalue weighted by molar-refractivity contribution is -0.120. The van der Waals surface area contributed by atoms with Gasteiger partial charge in [-0.1, -0.05) is 13.5 Å². The molecule has 0 aromatic heterocycles. The zero-order chi connectivity index (χ0) is 20.1. The summed E-state index contributed by atoms with van der Waals surface area (Å²) in [5, 5.41) is 2.91. The first-order chi connectivity index (χ1) is 12.8. The predicted molar refractivity (Wildman–Crippen MR) is 108 cm³/mol. The zero-order valence-electron chi connectivity index (χ0n) is 17.0. The van der Waals surface area contributed by atoms with Gasteiger partial charge in [-0.2, -0.15) is 0 Å². The standard InChI is InChI=1S/C21H29N3O3/c1-8-21(25)22-18-9-16(12-24(5)14(18)2)15-10-19(26-6)17(13-23(3)4)20(11-15)27-7/h9-12H,2,8,13H2,1,3-7H3,(H,22,25). The van der Waals surface area contributed by atoms with E-state index in [9.17, 15) is 4.79 Å². The average molecular weight is 371 g/mol. The molecule has 0 saturated heterocycles. The molecule has 0 atom stereocenters. The first-order valence-electron chi connectivity index (χ1n) is 8.86. The van der Waals surface area contributed by atoms with Crippen LogP contribution in [0.5, 0.6) is 11.5 Å². The van der Waals surface area contributed by atoms with E-state index < -0.39 is 0 Å². The van der Waals surface area contributed by atoms with E-state index in [2.05, 4.69) is 16.8 Å². The average Bonchev–Trinajstić information content (AvgIpc) is 2.64. The van der Waals surface area contributed by atoms with Crippen molar-refractivity contribution >= 4 is 11.5 Å².